The molecule has 0 radical (unpaired) electrons. The number of thiol groups is 1. The minimum atomic E-state index is -0.971. The van der Waals surface area contributed by atoms with E-state index in [0.29, 0.717) is 11.4 Å². The molecule has 1 heterocycles. The lowest BCUT2D eigenvalue weighted by Gasteiger charge is -2.22. The molecule has 7 nitrogen and oxygen atoms in total. The molecule has 1 atom stereocenters. The zero-order valence-electron chi connectivity index (χ0n) is 11.9. The van der Waals surface area contributed by atoms with Crippen molar-refractivity contribution in [3.63, 3.8) is 0 Å². The Hall–Kier alpha value is -2.92. The Labute approximate surface area is 138 Å². The summed E-state index contributed by atoms with van der Waals surface area (Å²) >= 11 is 4.12. The third-order valence-electron chi connectivity index (χ3n) is 2.99. The van der Waals surface area contributed by atoms with Crippen molar-refractivity contribution >= 4 is 36.3 Å². The van der Waals surface area contributed by atoms with Crippen LogP contribution in [0.25, 0.3) is 6.08 Å². The number of rotatable bonds is 5. The molecular weight excluding hydrogens is 316 g/mol. The normalized spacial score (nSPS) is 17.4. The minimum Gasteiger partial charge on any atom is -0.480 e. The first-order valence-corrected chi connectivity index (χ1v) is 7.15. The lowest BCUT2D eigenvalue weighted by molar-refractivity contribution is -0.135. The number of allylic oxidation sites excluding steroid dienone is 1. The molecule has 1 amide bonds. The number of carboxylic acid groups (broad SMARTS) is 1. The molecule has 23 heavy (non-hydrogen) atoms. The quantitative estimate of drug-likeness (QED) is 0.513. The van der Waals surface area contributed by atoms with E-state index < -0.39 is 17.4 Å². The second-order valence-electron chi connectivity index (χ2n) is 4.59. The van der Waals surface area contributed by atoms with Crippen molar-refractivity contribution < 1.29 is 14.7 Å². The summed E-state index contributed by atoms with van der Waals surface area (Å²) in [6.45, 7) is -0.212. The van der Waals surface area contributed by atoms with Crippen LogP contribution in [0, 0.1) is 11.3 Å². The van der Waals surface area contributed by atoms with Gasteiger partial charge in [0.1, 0.15) is 23.7 Å². The van der Waals surface area contributed by atoms with E-state index in [0.717, 1.165) is 5.56 Å². The number of carbonyl (C=O) groups excluding carboxylic acids is 1. The number of aliphatic carboxylic acids is 1. The molecule has 0 aromatic heterocycles. The molecule has 2 rings (SSSR count). The van der Waals surface area contributed by atoms with Gasteiger partial charge in [0.05, 0.1) is 5.70 Å². The van der Waals surface area contributed by atoms with Crippen molar-refractivity contribution in [2.24, 2.45) is 0 Å². The van der Waals surface area contributed by atoms with Gasteiger partial charge in [0, 0.05) is 5.69 Å². The van der Waals surface area contributed by atoms with Crippen LogP contribution < -0.4 is 16.0 Å². The van der Waals surface area contributed by atoms with E-state index in [-0.39, 0.29) is 12.1 Å². The van der Waals surface area contributed by atoms with Gasteiger partial charge in [0.25, 0.3) is 5.91 Å². The maximum atomic E-state index is 11.7. The fourth-order valence-corrected chi connectivity index (χ4v) is 2.22. The molecule has 1 aliphatic rings. The molecule has 8 heteroatoms. The first-order valence-electron chi connectivity index (χ1n) is 6.64. The molecule has 0 spiro atoms. The summed E-state index contributed by atoms with van der Waals surface area (Å²) in [5.41, 5.74) is 1.08. The van der Waals surface area contributed by atoms with Crippen molar-refractivity contribution in [2.75, 3.05) is 11.9 Å². The second kappa shape index (κ2) is 7.38. The Bertz CT molecular complexity index is 736. The number of benzene rings is 1. The monoisotopic (exact) mass is 330 g/mol. The largest absolute Gasteiger partial charge is 0.480 e. The molecule has 0 bridgehead atoms. The van der Waals surface area contributed by atoms with Gasteiger partial charge in [0.2, 0.25) is 0 Å². The molecule has 1 aromatic rings. The van der Waals surface area contributed by atoms with Crippen molar-refractivity contribution in [3.05, 3.63) is 47.2 Å². The average Bonchev–Trinajstić information content (AvgIpc) is 2.51. The second-order valence-corrected chi connectivity index (χ2v) is 5.11. The van der Waals surface area contributed by atoms with Crippen LogP contribution in [0.4, 0.5) is 5.69 Å². The Kier molecular flexibility index (Phi) is 5.28. The number of carboxylic acids is 1. The number of hydrogen-bond donors (Lipinski definition) is 5. The number of para-hydroxylation sites is 1. The van der Waals surface area contributed by atoms with E-state index in [9.17, 15) is 9.59 Å². The smallest absolute Gasteiger partial charge is 0.322 e. The Morgan fingerprint density at radius 1 is 1.39 bits per heavy atom. The molecule has 0 saturated carbocycles. The summed E-state index contributed by atoms with van der Waals surface area (Å²) in [4.78, 5) is 22.4. The molecule has 1 aliphatic heterocycles. The van der Waals surface area contributed by atoms with E-state index in [4.69, 9.17) is 10.4 Å². The van der Waals surface area contributed by atoms with Crippen molar-refractivity contribution in [1.29, 1.82) is 5.26 Å². The summed E-state index contributed by atoms with van der Waals surface area (Å²) in [7, 11) is 0. The Morgan fingerprint density at radius 2 is 2.13 bits per heavy atom. The molecular formula is C15H14N4O3S. The van der Waals surface area contributed by atoms with Gasteiger partial charge in [-0.3, -0.25) is 9.59 Å². The van der Waals surface area contributed by atoms with Crippen LogP contribution in [0.1, 0.15) is 5.56 Å². The lowest BCUT2D eigenvalue weighted by Crippen LogP contribution is -2.46. The van der Waals surface area contributed by atoms with Gasteiger partial charge < -0.3 is 21.1 Å². The third kappa shape index (κ3) is 4.28. The van der Waals surface area contributed by atoms with Crippen molar-refractivity contribution in [3.8, 4) is 6.07 Å². The number of hydrogen-bond acceptors (Lipinski definition) is 6. The predicted molar refractivity (Wildman–Crippen MR) is 88.3 cm³/mol. The van der Waals surface area contributed by atoms with Gasteiger partial charge in [-0.25, -0.2) is 0 Å². The topological polar surface area (TPSA) is 114 Å². The Morgan fingerprint density at radius 3 is 2.83 bits per heavy atom. The van der Waals surface area contributed by atoms with Crippen LogP contribution in [-0.4, -0.2) is 29.0 Å². The maximum Gasteiger partial charge on any atom is 0.322 e. The van der Waals surface area contributed by atoms with E-state index in [1.54, 1.807) is 36.4 Å². The molecule has 1 unspecified atom stereocenters. The summed E-state index contributed by atoms with van der Waals surface area (Å²) < 4.78 is 0. The van der Waals surface area contributed by atoms with Gasteiger partial charge >= 0.3 is 5.97 Å². The molecule has 0 saturated heterocycles. The fourth-order valence-electron chi connectivity index (χ4n) is 1.96. The van der Waals surface area contributed by atoms with Gasteiger partial charge in [-0.1, -0.05) is 24.3 Å². The third-order valence-corrected chi connectivity index (χ3v) is 3.25. The Balaban J connectivity index is 2.27. The molecule has 1 aromatic carbocycles. The lowest BCUT2D eigenvalue weighted by atomic mass is 10.1. The van der Waals surface area contributed by atoms with Gasteiger partial charge in [-0.15, -0.1) is 12.6 Å². The SMILES string of the molecule is N#CC1=C(/C=C/c2ccccc2NCC(=O)O)NC(S)NC1=O. The standard InChI is InChI=1S/C15H14N4O3S/c16-7-10-12(18-15(23)19-14(10)22)6-5-9-3-1-2-4-11(9)17-8-13(20)21/h1-6,15,17-18,23H,8H2,(H,19,22)(H,20,21)/b6-5+. The minimum absolute atomic E-state index is 0.0393. The van der Waals surface area contributed by atoms with Gasteiger partial charge in [0.15, 0.2) is 0 Å². The summed E-state index contributed by atoms with van der Waals surface area (Å²) in [5, 5.41) is 26.0. The number of amides is 1. The fraction of sp³-hybridized carbons (Fsp3) is 0.133. The van der Waals surface area contributed by atoms with E-state index in [1.165, 1.54) is 0 Å². The molecule has 0 fully saturated rings. The first kappa shape index (κ1) is 16.5. The average molecular weight is 330 g/mol. The number of nitrogens with one attached hydrogen (secondary N) is 3. The van der Waals surface area contributed by atoms with Crippen LogP contribution >= 0.6 is 12.6 Å². The number of anilines is 1. The summed E-state index contributed by atoms with van der Waals surface area (Å²) in [5.74, 6) is -1.47. The molecule has 118 valence electrons. The van der Waals surface area contributed by atoms with E-state index in [2.05, 4.69) is 28.6 Å². The summed E-state index contributed by atoms with van der Waals surface area (Å²) in [6.07, 6.45) is 3.27. The van der Waals surface area contributed by atoms with Crippen LogP contribution in [0.3, 0.4) is 0 Å². The zero-order chi connectivity index (χ0) is 16.8. The molecule has 0 aliphatic carbocycles. The van der Waals surface area contributed by atoms with Crippen LogP contribution in [0.5, 0.6) is 0 Å². The highest BCUT2D eigenvalue weighted by Crippen LogP contribution is 2.18. The van der Waals surface area contributed by atoms with Gasteiger partial charge in [-0.05, 0) is 17.7 Å². The van der Waals surface area contributed by atoms with E-state index in [1.807, 2.05) is 6.07 Å². The number of carbonyl (C=O) groups is 2. The van der Waals surface area contributed by atoms with E-state index >= 15 is 0 Å². The highest BCUT2D eigenvalue weighted by Gasteiger charge is 2.22. The number of nitriles is 1. The highest BCUT2D eigenvalue weighted by atomic mass is 32.1. The highest BCUT2D eigenvalue weighted by molar-refractivity contribution is 7.80. The van der Waals surface area contributed by atoms with Crippen LogP contribution in [0.2, 0.25) is 0 Å². The predicted octanol–water partition coefficient (Wildman–Crippen LogP) is 0.907. The van der Waals surface area contributed by atoms with Crippen LogP contribution in [0.15, 0.2) is 41.6 Å². The van der Waals surface area contributed by atoms with Crippen molar-refractivity contribution in [1.82, 2.24) is 10.6 Å². The molecule has 4 N–H and O–H groups in total. The van der Waals surface area contributed by atoms with Crippen LogP contribution in [-0.2, 0) is 9.59 Å². The van der Waals surface area contributed by atoms with Gasteiger partial charge in [-0.2, -0.15) is 5.26 Å². The zero-order valence-corrected chi connectivity index (χ0v) is 12.8. The maximum absolute atomic E-state index is 11.7. The number of nitrogens with zero attached hydrogens (tertiary/aromatic N) is 1. The first-order chi connectivity index (χ1) is 11.0. The summed E-state index contributed by atoms with van der Waals surface area (Å²) in [6, 6.07) is 8.94. The van der Waals surface area contributed by atoms with Crippen molar-refractivity contribution in [2.45, 2.75) is 5.50 Å².